The number of hydrogen-bond acceptors (Lipinski definition) is 3. The van der Waals surface area contributed by atoms with Crippen molar-refractivity contribution in [2.45, 2.75) is 32.2 Å². The fourth-order valence-corrected chi connectivity index (χ4v) is 2.48. The highest BCUT2D eigenvalue weighted by Gasteiger charge is 2.19. The van der Waals surface area contributed by atoms with E-state index in [1.165, 1.54) is 31.5 Å². The predicted molar refractivity (Wildman–Crippen MR) is 74.8 cm³/mol. The molecule has 0 spiro atoms. The van der Waals surface area contributed by atoms with Crippen molar-refractivity contribution in [3.05, 3.63) is 29.8 Å². The van der Waals surface area contributed by atoms with E-state index in [0.29, 0.717) is 19.2 Å². The van der Waals surface area contributed by atoms with Crippen LogP contribution in [0.1, 0.15) is 37.8 Å². The molecule has 1 aliphatic heterocycles. The molecule has 1 aromatic rings. The Kier molecular flexibility index (Phi) is 5.02. The lowest BCUT2D eigenvalue weighted by Crippen LogP contribution is -2.23. The van der Waals surface area contributed by atoms with Crippen LogP contribution in [0, 0.1) is 0 Å². The molecule has 100 valence electrons. The van der Waals surface area contributed by atoms with Gasteiger partial charge in [0.25, 0.3) is 0 Å². The summed E-state index contributed by atoms with van der Waals surface area (Å²) in [5.41, 5.74) is 6.82. The first-order valence-corrected chi connectivity index (χ1v) is 6.98. The number of hydrogen-bond donors (Lipinski definition) is 1. The molecule has 0 amide bonds. The van der Waals surface area contributed by atoms with Crippen LogP contribution in [0.25, 0.3) is 0 Å². The van der Waals surface area contributed by atoms with Crippen LogP contribution in [0.5, 0.6) is 5.75 Å². The molecule has 1 saturated heterocycles. The van der Waals surface area contributed by atoms with Gasteiger partial charge in [-0.15, -0.1) is 0 Å². The van der Waals surface area contributed by atoms with Crippen LogP contribution in [0.4, 0.5) is 0 Å². The van der Waals surface area contributed by atoms with E-state index >= 15 is 0 Å². The van der Waals surface area contributed by atoms with Gasteiger partial charge in [0.15, 0.2) is 0 Å². The minimum absolute atomic E-state index is 0.491. The molecule has 18 heavy (non-hydrogen) atoms. The van der Waals surface area contributed by atoms with Gasteiger partial charge in [-0.3, -0.25) is 4.90 Å². The van der Waals surface area contributed by atoms with E-state index in [0.717, 1.165) is 12.2 Å². The number of benzene rings is 1. The van der Waals surface area contributed by atoms with Gasteiger partial charge in [-0.2, -0.15) is 0 Å². The summed E-state index contributed by atoms with van der Waals surface area (Å²) in [5.74, 6) is 0.965. The van der Waals surface area contributed by atoms with Crippen molar-refractivity contribution in [1.29, 1.82) is 0 Å². The van der Waals surface area contributed by atoms with Crippen molar-refractivity contribution in [2.24, 2.45) is 5.73 Å². The average Bonchev–Trinajstić information content (AvgIpc) is 2.92. The highest BCUT2D eigenvalue weighted by molar-refractivity contribution is 5.30. The number of nitrogens with two attached hydrogens (primary N) is 1. The van der Waals surface area contributed by atoms with Gasteiger partial charge < -0.3 is 10.5 Å². The van der Waals surface area contributed by atoms with Crippen LogP contribution in [0.15, 0.2) is 24.3 Å². The average molecular weight is 248 g/mol. The molecule has 2 rings (SSSR count). The van der Waals surface area contributed by atoms with Gasteiger partial charge in [0, 0.05) is 6.04 Å². The largest absolute Gasteiger partial charge is 0.494 e. The van der Waals surface area contributed by atoms with Gasteiger partial charge in [-0.1, -0.05) is 12.1 Å². The van der Waals surface area contributed by atoms with E-state index in [2.05, 4.69) is 30.0 Å². The molecule has 0 aliphatic carbocycles. The number of nitrogens with zero attached hydrogens (tertiary/aromatic N) is 1. The first-order chi connectivity index (χ1) is 8.81. The van der Waals surface area contributed by atoms with Gasteiger partial charge in [0.1, 0.15) is 5.75 Å². The minimum Gasteiger partial charge on any atom is -0.494 e. The SMILES string of the molecule is CC(c1cccc(OCCCN)c1)N1CCCC1. The Balaban J connectivity index is 1.97. The van der Waals surface area contributed by atoms with Crippen molar-refractivity contribution in [3.8, 4) is 5.75 Å². The van der Waals surface area contributed by atoms with E-state index in [1.54, 1.807) is 0 Å². The fraction of sp³-hybridized carbons (Fsp3) is 0.600. The Morgan fingerprint density at radius 3 is 2.83 bits per heavy atom. The van der Waals surface area contributed by atoms with Crippen molar-refractivity contribution in [2.75, 3.05) is 26.2 Å². The van der Waals surface area contributed by atoms with Gasteiger partial charge in [-0.05, 0) is 63.5 Å². The third kappa shape index (κ3) is 3.47. The first kappa shape index (κ1) is 13.4. The van der Waals surface area contributed by atoms with Crippen molar-refractivity contribution >= 4 is 0 Å². The Labute approximate surface area is 110 Å². The van der Waals surface area contributed by atoms with E-state index in [9.17, 15) is 0 Å². The van der Waals surface area contributed by atoms with Crippen LogP contribution < -0.4 is 10.5 Å². The third-order valence-corrected chi connectivity index (χ3v) is 3.65. The molecule has 3 nitrogen and oxygen atoms in total. The van der Waals surface area contributed by atoms with Gasteiger partial charge in [0.05, 0.1) is 6.61 Å². The Morgan fingerprint density at radius 1 is 1.33 bits per heavy atom. The number of rotatable bonds is 6. The molecule has 1 unspecified atom stereocenters. The zero-order chi connectivity index (χ0) is 12.8. The molecular weight excluding hydrogens is 224 g/mol. The van der Waals surface area contributed by atoms with Crippen molar-refractivity contribution in [3.63, 3.8) is 0 Å². The Morgan fingerprint density at radius 2 is 2.11 bits per heavy atom. The Hall–Kier alpha value is -1.06. The first-order valence-electron chi connectivity index (χ1n) is 6.98. The predicted octanol–water partition coefficient (Wildman–Crippen LogP) is 2.57. The molecule has 0 bridgehead atoms. The van der Waals surface area contributed by atoms with E-state index in [-0.39, 0.29) is 0 Å². The lowest BCUT2D eigenvalue weighted by atomic mass is 10.1. The highest BCUT2D eigenvalue weighted by Crippen LogP contribution is 2.26. The lowest BCUT2D eigenvalue weighted by Gasteiger charge is -2.24. The van der Waals surface area contributed by atoms with Crippen molar-refractivity contribution < 1.29 is 4.74 Å². The summed E-state index contributed by atoms with van der Waals surface area (Å²) in [4.78, 5) is 2.54. The summed E-state index contributed by atoms with van der Waals surface area (Å²) < 4.78 is 5.70. The summed E-state index contributed by atoms with van der Waals surface area (Å²) in [6.07, 6.45) is 3.57. The molecule has 1 aromatic carbocycles. The monoisotopic (exact) mass is 248 g/mol. The molecule has 0 saturated carbocycles. The summed E-state index contributed by atoms with van der Waals surface area (Å²) >= 11 is 0. The zero-order valence-corrected chi connectivity index (χ0v) is 11.3. The lowest BCUT2D eigenvalue weighted by molar-refractivity contribution is 0.261. The molecule has 0 radical (unpaired) electrons. The van der Waals surface area contributed by atoms with E-state index in [4.69, 9.17) is 10.5 Å². The van der Waals surface area contributed by atoms with E-state index < -0.39 is 0 Å². The van der Waals surface area contributed by atoms with Crippen LogP contribution in [-0.4, -0.2) is 31.1 Å². The quantitative estimate of drug-likeness (QED) is 0.786. The molecule has 1 aliphatic rings. The smallest absolute Gasteiger partial charge is 0.119 e. The maximum absolute atomic E-state index is 5.70. The fourth-order valence-electron chi connectivity index (χ4n) is 2.48. The maximum atomic E-state index is 5.70. The summed E-state index contributed by atoms with van der Waals surface area (Å²) in [6.45, 7) is 6.12. The maximum Gasteiger partial charge on any atom is 0.119 e. The molecular formula is C15H24N2O. The topological polar surface area (TPSA) is 38.5 Å². The second-order valence-corrected chi connectivity index (χ2v) is 4.98. The van der Waals surface area contributed by atoms with Gasteiger partial charge in [0.2, 0.25) is 0 Å². The van der Waals surface area contributed by atoms with E-state index in [1.807, 2.05) is 6.07 Å². The second kappa shape index (κ2) is 6.76. The third-order valence-electron chi connectivity index (χ3n) is 3.65. The number of likely N-dealkylation sites (tertiary alicyclic amines) is 1. The minimum atomic E-state index is 0.491. The van der Waals surface area contributed by atoms with Gasteiger partial charge in [-0.25, -0.2) is 0 Å². The van der Waals surface area contributed by atoms with Crippen LogP contribution >= 0.6 is 0 Å². The summed E-state index contributed by atoms with van der Waals surface area (Å²) in [7, 11) is 0. The van der Waals surface area contributed by atoms with Crippen molar-refractivity contribution in [1.82, 2.24) is 4.90 Å². The number of ether oxygens (including phenoxy) is 1. The summed E-state index contributed by atoms with van der Waals surface area (Å²) in [6, 6.07) is 8.96. The van der Waals surface area contributed by atoms with Crippen LogP contribution in [0.2, 0.25) is 0 Å². The molecule has 3 heteroatoms. The molecule has 1 fully saturated rings. The Bertz CT molecular complexity index is 361. The highest BCUT2D eigenvalue weighted by atomic mass is 16.5. The molecule has 0 aromatic heterocycles. The second-order valence-electron chi connectivity index (χ2n) is 4.98. The molecule has 1 heterocycles. The zero-order valence-electron chi connectivity index (χ0n) is 11.3. The normalized spacial score (nSPS) is 17.9. The van der Waals surface area contributed by atoms with Crippen LogP contribution in [0.3, 0.4) is 0 Å². The standard InChI is InChI=1S/C15H24N2O/c1-13(17-9-2-3-10-17)14-6-4-7-15(12-14)18-11-5-8-16/h4,6-7,12-13H,2-3,5,8-11,16H2,1H3. The molecule has 1 atom stereocenters. The molecule has 2 N–H and O–H groups in total. The van der Waals surface area contributed by atoms with Gasteiger partial charge >= 0.3 is 0 Å². The van der Waals surface area contributed by atoms with Crippen LogP contribution in [-0.2, 0) is 0 Å². The summed E-state index contributed by atoms with van der Waals surface area (Å²) in [5, 5.41) is 0.